The molecule has 0 spiro atoms. The Labute approximate surface area is 157 Å². The van der Waals surface area contributed by atoms with Crippen molar-refractivity contribution in [2.75, 3.05) is 32.6 Å². The monoisotopic (exact) mass is 385 g/mol. The molecule has 0 saturated heterocycles. The number of sulfonamides is 1. The Morgan fingerprint density at radius 3 is 2.19 bits per heavy atom. The Morgan fingerprint density at radius 1 is 1.15 bits per heavy atom. The number of nitrogens with one attached hydrogen (secondary N) is 1. The molecule has 26 heavy (non-hydrogen) atoms. The van der Waals surface area contributed by atoms with E-state index in [1.165, 1.54) is 20.2 Å². The van der Waals surface area contributed by atoms with Crippen molar-refractivity contribution in [2.24, 2.45) is 0 Å². The van der Waals surface area contributed by atoms with Crippen molar-refractivity contribution in [2.45, 2.75) is 51.6 Å². The van der Waals surface area contributed by atoms with Gasteiger partial charge in [0.05, 0.1) is 13.2 Å². The van der Waals surface area contributed by atoms with Crippen molar-refractivity contribution in [1.82, 2.24) is 9.21 Å². The molecule has 1 aromatic rings. The predicted molar refractivity (Wildman–Crippen MR) is 104 cm³/mol. The fraction of sp³-hybridized carbons (Fsp3) is 0.611. The normalized spacial score (nSPS) is 11.9. The van der Waals surface area contributed by atoms with Crippen molar-refractivity contribution in [3.8, 4) is 5.75 Å². The molecular weight excluding hydrogens is 354 g/mol. The zero-order valence-electron chi connectivity index (χ0n) is 16.7. The van der Waals surface area contributed by atoms with Crippen LogP contribution in [0.1, 0.15) is 34.6 Å². The number of amides is 1. The second-order valence-electron chi connectivity index (χ2n) is 6.72. The van der Waals surface area contributed by atoms with Crippen LogP contribution >= 0.6 is 0 Å². The van der Waals surface area contributed by atoms with Crippen LogP contribution in [0.2, 0.25) is 0 Å². The van der Waals surface area contributed by atoms with E-state index in [0.29, 0.717) is 18.0 Å². The molecule has 1 N–H and O–H groups in total. The van der Waals surface area contributed by atoms with Crippen LogP contribution in [-0.2, 0) is 14.8 Å². The van der Waals surface area contributed by atoms with Gasteiger partial charge in [0.15, 0.2) is 0 Å². The lowest BCUT2D eigenvalue weighted by molar-refractivity contribution is -0.132. The van der Waals surface area contributed by atoms with Gasteiger partial charge >= 0.3 is 0 Å². The van der Waals surface area contributed by atoms with E-state index in [-0.39, 0.29) is 29.4 Å². The second kappa shape index (κ2) is 9.23. The molecule has 0 aromatic heterocycles. The summed E-state index contributed by atoms with van der Waals surface area (Å²) in [6, 6.07) is 5.00. The first kappa shape index (κ1) is 22.2. The van der Waals surface area contributed by atoms with E-state index in [2.05, 4.69) is 5.32 Å². The summed E-state index contributed by atoms with van der Waals surface area (Å²) in [7, 11) is -0.721. The Bertz CT molecular complexity index is 707. The average Bonchev–Trinajstić information content (AvgIpc) is 2.53. The third kappa shape index (κ3) is 5.35. The average molecular weight is 386 g/mol. The molecule has 7 nitrogen and oxygen atoms in total. The van der Waals surface area contributed by atoms with Crippen molar-refractivity contribution in [3.63, 3.8) is 0 Å². The van der Waals surface area contributed by atoms with Gasteiger partial charge in [-0.2, -0.15) is 0 Å². The van der Waals surface area contributed by atoms with Crippen LogP contribution in [0.4, 0.5) is 5.69 Å². The standard InChI is InChI=1S/C18H31N3O4S/c1-8-25-16-10-9-15(11-17(16)26(23,24)20(6)7)19-12-18(22)21(13(2)3)14(4)5/h9-11,13-14,19H,8,12H2,1-7H3. The van der Waals surface area contributed by atoms with Crippen LogP contribution in [0.5, 0.6) is 5.75 Å². The number of ether oxygens (including phenoxy) is 1. The van der Waals surface area contributed by atoms with E-state index in [9.17, 15) is 13.2 Å². The van der Waals surface area contributed by atoms with Crippen LogP contribution in [0.15, 0.2) is 23.1 Å². The summed E-state index contributed by atoms with van der Waals surface area (Å²) in [6.45, 7) is 10.1. The molecule has 8 heteroatoms. The van der Waals surface area contributed by atoms with Gasteiger partial charge in [0.25, 0.3) is 0 Å². The first-order valence-corrected chi connectivity index (χ1v) is 10.2. The summed E-state index contributed by atoms with van der Waals surface area (Å²) in [6.07, 6.45) is 0. The van der Waals surface area contributed by atoms with E-state index in [0.717, 1.165) is 4.31 Å². The number of nitrogens with zero attached hydrogens (tertiary/aromatic N) is 2. The zero-order chi connectivity index (χ0) is 20.1. The number of rotatable bonds is 9. The Hall–Kier alpha value is -1.80. The number of hydrogen-bond donors (Lipinski definition) is 1. The third-order valence-corrected chi connectivity index (χ3v) is 5.68. The van der Waals surface area contributed by atoms with Gasteiger partial charge in [-0.05, 0) is 52.8 Å². The molecule has 0 aliphatic rings. The fourth-order valence-electron chi connectivity index (χ4n) is 2.73. The number of anilines is 1. The fourth-order valence-corrected chi connectivity index (χ4v) is 3.78. The van der Waals surface area contributed by atoms with Gasteiger partial charge in [-0.1, -0.05) is 0 Å². The smallest absolute Gasteiger partial charge is 0.246 e. The molecule has 148 valence electrons. The van der Waals surface area contributed by atoms with Crippen molar-refractivity contribution in [1.29, 1.82) is 0 Å². The van der Waals surface area contributed by atoms with Gasteiger partial charge < -0.3 is 15.0 Å². The molecule has 0 radical (unpaired) electrons. The van der Waals surface area contributed by atoms with E-state index < -0.39 is 10.0 Å². The van der Waals surface area contributed by atoms with Gasteiger partial charge in [-0.25, -0.2) is 12.7 Å². The highest BCUT2D eigenvalue weighted by molar-refractivity contribution is 7.89. The van der Waals surface area contributed by atoms with Gasteiger partial charge in [0.1, 0.15) is 10.6 Å². The largest absolute Gasteiger partial charge is 0.492 e. The summed E-state index contributed by atoms with van der Waals surface area (Å²) < 4.78 is 31.7. The maximum absolute atomic E-state index is 12.5. The molecular formula is C18H31N3O4S. The van der Waals surface area contributed by atoms with Crippen LogP contribution in [-0.4, -0.2) is 62.9 Å². The molecule has 0 aliphatic carbocycles. The quantitative estimate of drug-likeness (QED) is 0.706. The Balaban J connectivity index is 3.07. The van der Waals surface area contributed by atoms with E-state index in [1.54, 1.807) is 24.0 Å². The third-order valence-electron chi connectivity index (χ3n) is 3.85. The van der Waals surface area contributed by atoms with Crippen molar-refractivity contribution in [3.05, 3.63) is 18.2 Å². The lowest BCUT2D eigenvalue weighted by atomic mass is 10.2. The molecule has 1 rings (SSSR count). The minimum atomic E-state index is -3.66. The van der Waals surface area contributed by atoms with Gasteiger partial charge in [-0.15, -0.1) is 0 Å². The topological polar surface area (TPSA) is 79.0 Å². The molecule has 0 fully saturated rings. The van der Waals surface area contributed by atoms with Crippen LogP contribution in [0.3, 0.4) is 0 Å². The van der Waals surface area contributed by atoms with Gasteiger partial charge in [0.2, 0.25) is 15.9 Å². The summed E-state index contributed by atoms with van der Waals surface area (Å²) >= 11 is 0. The summed E-state index contributed by atoms with van der Waals surface area (Å²) in [5, 5.41) is 3.03. The van der Waals surface area contributed by atoms with E-state index in [1.807, 2.05) is 27.7 Å². The highest BCUT2D eigenvalue weighted by Crippen LogP contribution is 2.29. The molecule has 0 bridgehead atoms. The van der Waals surface area contributed by atoms with Crippen molar-refractivity contribution >= 4 is 21.6 Å². The van der Waals surface area contributed by atoms with Gasteiger partial charge in [0, 0.05) is 31.9 Å². The summed E-state index contributed by atoms with van der Waals surface area (Å²) in [5.41, 5.74) is 0.551. The number of hydrogen-bond acceptors (Lipinski definition) is 5. The Morgan fingerprint density at radius 2 is 1.73 bits per heavy atom. The minimum absolute atomic E-state index is 0.0408. The summed E-state index contributed by atoms with van der Waals surface area (Å²) in [4.78, 5) is 14.3. The number of carbonyl (C=O) groups excluding carboxylic acids is 1. The zero-order valence-corrected chi connectivity index (χ0v) is 17.6. The van der Waals surface area contributed by atoms with Gasteiger partial charge in [-0.3, -0.25) is 4.79 Å². The maximum atomic E-state index is 12.5. The maximum Gasteiger partial charge on any atom is 0.246 e. The van der Waals surface area contributed by atoms with Crippen LogP contribution in [0, 0.1) is 0 Å². The minimum Gasteiger partial charge on any atom is -0.492 e. The molecule has 0 saturated carbocycles. The van der Waals surface area contributed by atoms with Crippen LogP contribution < -0.4 is 10.1 Å². The highest BCUT2D eigenvalue weighted by atomic mass is 32.2. The van der Waals surface area contributed by atoms with E-state index in [4.69, 9.17) is 4.74 Å². The van der Waals surface area contributed by atoms with Crippen molar-refractivity contribution < 1.29 is 17.9 Å². The lowest BCUT2D eigenvalue weighted by Crippen LogP contribution is -2.44. The molecule has 0 atom stereocenters. The lowest BCUT2D eigenvalue weighted by Gasteiger charge is -2.31. The molecule has 1 aromatic carbocycles. The number of carbonyl (C=O) groups is 1. The predicted octanol–water partition coefficient (Wildman–Crippen LogP) is 2.39. The Kier molecular flexibility index (Phi) is 7.89. The molecule has 0 aliphatic heterocycles. The second-order valence-corrected chi connectivity index (χ2v) is 8.84. The number of benzene rings is 1. The summed E-state index contributed by atoms with van der Waals surface area (Å²) in [5.74, 6) is 0.255. The first-order chi connectivity index (χ1) is 12.0. The molecule has 0 heterocycles. The highest BCUT2D eigenvalue weighted by Gasteiger charge is 2.24. The first-order valence-electron chi connectivity index (χ1n) is 8.76. The SMILES string of the molecule is CCOc1ccc(NCC(=O)N(C(C)C)C(C)C)cc1S(=O)(=O)N(C)C. The molecule has 1 amide bonds. The van der Waals surface area contributed by atoms with E-state index >= 15 is 0 Å². The van der Waals surface area contributed by atoms with Crippen LogP contribution in [0.25, 0.3) is 0 Å². The molecule has 0 unspecified atom stereocenters.